The molecule has 6 heteroatoms. The molecule has 0 radical (unpaired) electrons. The van der Waals surface area contributed by atoms with Gasteiger partial charge in [-0.05, 0) is 25.2 Å². The summed E-state index contributed by atoms with van der Waals surface area (Å²) in [5.74, 6) is 0.0631. The third kappa shape index (κ3) is 4.50. The molecule has 1 aliphatic rings. The molecule has 0 saturated heterocycles. The minimum absolute atomic E-state index is 0.0614. The van der Waals surface area contributed by atoms with Crippen molar-refractivity contribution in [1.82, 2.24) is 9.03 Å². The van der Waals surface area contributed by atoms with Crippen LogP contribution in [-0.2, 0) is 10.2 Å². The quantitative estimate of drug-likeness (QED) is 0.733. The van der Waals surface area contributed by atoms with Crippen LogP contribution >= 0.6 is 0 Å². The van der Waals surface area contributed by atoms with Gasteiger partial charge in [0.15, 0.2) is 0 Å². The minimum atomic E-state index is -3.40. The van der Waals surface area contributed by atoms with Crippen molar-refractivity contribution in [3.63, 3.8) is 0 Å². The van der Waals surface area contributed by atoms with E-state index >= 15 is 0 Å². The van der Waals surface area contributed by atoms with Crippen LogP contribution in [0.1, 0.15) is 45.4 Å². The molecule has 2 atom stereocenters. The summed E-state index contributed by atoms with van der Waals surface area (Å²) < 4.78 is 28.3. The second-order valence-electron chi connectivity index (χ2n) is 5.13. The maximum atomic E-state index is 12.1. The van der Waals surface area contributed by atoms with E-state index in [0.29, 0.717) is 6.54 Å². The molecule has 0 aliphatic heterocycles. The van der Waals surface area contributed by atoms with E-state index in [9.17, 15) is 13.5 Å². The van der Waals surface area contributed by atoms with E-state index in [4.69, 9.17) is 0 Å². The van der Waals surface area contributed by atoms with Crippen molar-refractivity contribution in [2.75, 3.05) is 20.2 Å². The average molecular weight is 278 g/mol. The highest BCUT2D eigenvalue weighted by Crippen LogP contribution is 2.24. The molecule has 1 aliphatic carbocycles. The van der Waals surface area contributed by atoms with Crippen LogP contribution in [0.5, 0.6) is 0 Å². The van der Waals surface area contributed by atoms with Crippen molar-refractivity contribution < 1.29 is 13.5 Å². The van der Waals surface area contributed by atoms with E-state index < -0.39 is 10.2 Å². The number of aliphatic hydroxyl groups is 1. The Morgan fingerprint density at radius 2 is 2.00 bits per heavy atom. The summed E-state index contributed by atoms with van der Waals surface area (Å²) in [6, 6.07) is -0.113. The minimum Gasteiger partial charge on any atom is -0.396 e. The first kappa shape index (κ1) is 15.9. The molecule has 2 unspecified atom stereocenters. The zero-order chi connectivity index (χ0) is 13.6. The highest BCUT2D eigenvalue weighted by molar-refractivity contribution is 7.87. The van der Waals surface area contributed by atoms with E-state index in [-0.39, 0.29) is 18.6 Å². The van der Waals surface area contributed by atoms with Crippen LogP contribution in [0.2, 0.25) is 0 Å². The van der Waals surface area contributed by atoms with Gasteiger partial charge in [-0.15, -0.1) is 0 Å². The van der Waals surface area contributed by atoms with Crippen LogP contribution in [-0.4, -0.2) is 44.1 Å². The normalized spacial score (nSPS) is 25.6. The summed E-state index contributed by atoms with van der Waals surface area (Å²) in [4.78, 5) is 0. The third-order valence-corrected chi connectivity index (χ3v) is 5.28. The lowest BCUT2D eigenvalue weighted by Gasteiger charge is -2.32. The zero-order valence-corrected chi connectivity index (χ0v) is 12.2. The number of rotatable bonds is 7. The van der Waals surface area contributed by atoms with E-state index in [0.717, 1.165) is 38.5 Å². The Hall–Kier alpha value is -0.170. The van der Waals surface area contributed by atoms with E-state index in [1.807, 2.05) is 6.92 Å². The van der Waals surface area contributed by atoms with Gasteiger partial charge < -0.3 is 5.11 Å². The Bertz CT molecular complexity index is 332. The van der Waals surface area contributed by atoms with Crippen LogP contribution in [0.4, 0.5) is 0 Å². The standard InChI is InChI=1S/C12H26N2O3S/c1-3-4-9-14(2)18(16,17)13-12-8-6-5-7-11(12)10-15/h11-13,15H,3-10H2,1-2H3. The van der Waals surface area contributed by atoms with Gasteiger partial charge in [0, 0.05) is 26.2 Å². The van der Waals surface area contributed by atoms with Gasteiger partial charge in [-0.3, -0.25) is 0 Å². The molecule has 2 N–H and O–H groups in total. The van der Waals surface area contributed by atoms with Crippen molar-refractivity contribution in [2.24, 2.45) is 5.92 Å². The molecule has 0 aromatic heterocycles. The van der Waals surface area contributed by atoms with Crippen molar-refractivity contribution in [1.29, 1.82) is 0 Å². The smallest absolute Gasteiger partial charge is 0.279 e. The number of hydrogen-bond donors (Lipinski definition) is 2. The van der Waals surface area contributed by atoms with E-state index in [2.05, 4.69) is 4.72 Å². The molecule has 0 aromatic carbocycles. The zero-order valence-electron chi connectivity index (χ0n) is 11.4. The predicted octanol–water partition coefficient (Wildman–Crippen LogP) is 1.10. The van der Waals surface area contributed by atoms with Gasteiger partial charge in [-0.25, -0.2) is 0 Å². The van der Waals surface area contributed by atoms with Crippen molar-refractivity contribution in [3.05, 3.63) is 0 Å². The highest BCUT2D eigenvalue weighted by Gasteiger charge is 2.29. The number of unbranched alkanes of at least 4 members (excludes halogenated alkanes) is 1. The summed E-state index contributed by atoms with van der Waals surface area (Å²) in [6.45, 7) is 2.64. The van der Waals surface area contributed by atoms with Gasteiger partial charge in [-0.1, -0.05) is 26.2 Å². The van der Waals surface area contributed by atoms with Crippen molar-refractivity contribution >= 4 is 10.2 Å². The molecule has 0 spiro atoms. The summed E-state index contributed by atoms with van der Waals surface area (Å²) in [7, 11) is -1.80. The molecule has 0 aromatic rings. The molecule has 0 heterocycles. The highest BCUT2D eigenvalue weighted by atomic mass is 32.2. The average Bonchev–Trinajstić information content (AvgIpc) is 2.36. The predicted molar refractivity (Wildman–Crippen MR) is 72.4 cm³/mol. The summed E-state index contributed by atoms with van der Waals surface area (Å²) in [5.41, 5.74) is 0. The van der Waals surface area contributed by atoms with Crippen LogP contribution in [0.3, 0.4) is 0 Å². The fourth-order valence-electron chi connectivity index (χ4n) is 2.36. The molecule has 18 heavy (non-hydrogen) atoms. The van der Waals surface area contributed by atoms with Gasteiger partial charge in [0.05, 0.1) is 0 Å². The lowest BCUT2D eigenvalue weighted by molar-refractivity contribution is 0.163. The topological polar surface area (TPSA) is 69.6 Å². The maximum Gasteiger partial charge on any atom is 0.279 e. The summed E-state index contributed by atoms with van der Waals surface area (Å²) >= 11 is 0. The lowest BCUT2D eigenvalue weighted by Crippen LogP contribution is -2.48. The van der Waals surface area contributed by atoms with Crippen molar-refractivity contribution in [3.8, 4) is 0 Å². The fraction of sp³-hybridized carbons (Fsp3) is 1.00. The molecule has 1 rings (SSSR count). The second kappa shape index (κ2) is 7.43. The van der Waals surface area contributed by atoms with Crippen LogP contribution in [0, 0.1) is 5.92 Å². The van der Waals surface area contributed by atoms with Gasteiger partial charge in [-0.2, -0.15) is 17.4 Å². The number of nitrogens with one attached hydrogen (secondary N) is 1. The SMILES string of the molecule is CCCCN(C)S(=O)(=O)NC1CCCCC1CO. The van der Waals surface area contributed by atoms with Crippen LogP contribution in [0.25, 0.3) is 0 Å². The number of aliphatic hydroxyl groups excluding tert-OH is 1. The van der Waals surface area contributed by atoms with Crippen molar-refractivity contribution in [2.45, 2.75) is 51.5 Å². The second-order valence-corrected chi connectivity index (χ2v) is 6.94. The molecular formula is C12H26N2O3S. The molecule has 1 saturated carbocycles. The summed E-state index contributed by atoms with van der Waals surface area (Å²) in [6.07, 6.45) is 5.68. The maximum absolute atomic E-state index is 12.1. The Kier molecular flexibility index (Phi) is 6.55. The Morgan fingerprint density at radius 3 is 2.61 bits per heavy atom. The van der Waals surface area contributed by atoms with E-state index in [1.165, 1.54) is 4.31 Å². The number of nitrogens with zero attached hydrogens (tertiary/aromatic N) is 1. The van der Waals surface area contributed by atoms with Crippen LogP contribution in [0.15, 0.2) is 0 Å². The molecule has 0 bridgehead atoms. The monoisotopic (exact) mass is 278 g/mol. The largest absolute Gasteiger partial charge is 0.396 e. The molecule has 108 valence electrons. The Balaban J connectivity index is 2.57. The Labute approximate surface area is 111 Å². The molecular weight excluding hydrogens is 252 g/mol. The first-order valence-electron chi connectivity index (χ1n) is 6.85. The molecule has 5 nitrogen and oxygen atoms in total. The van der Waals surface area contributed by atoms with Gasteiger partial charge in [0.2, 0.25) is 0 Å². The van der Waals surface area contributed by atoms with Crippen LogP contribution < -0.4 is 4.72 Å². The van der Waals surface area contributed by atoms with Gasteiger partial charge in [0.25, 0.3) is 10.2 Å². The van der Waals surface area contributed by atoms with Gasteiger partial charge in [0.1, 0.15) is 0 Å². The number of hydrogen-bond acceptors (Lipinski definition) is 3. The summed E-state index contributed by atoms with van der Waals surface area (Å²) in [5, 5.41) is 9.29. The first-order valence-corrected chi connectivity index (χ1v) is 8.29. The van der Waals surface area contributed by atoms with Gasteiger partial charge >= 0.3 is 0 Å². The lowest BCUT2D eigenvalue weighted by atomic mass is 9.86. The molecule has 1 fully saturated rings. The first-order chi connectivity index (χ1) is 8.51. The Morgan fingerprint density at radius 1 is 1.33 bits per heavy atom. The van der Waals surface area contributed by atoms with E-state index in [1.54, 1.807) is 7.05 Å². The molecule has 0 amide bonds. The fourth-order valence-corrected chi connectivity index (χ4v) is 3.61. The third-order valence-electron chi connectivity index (χ3n) is 3.68.